The number of rotatable bonds is 8. The Morgan fingerprint density at radius 2 is 1.92 bits per heavy atom. The van der Waals surface area contributed by atoms with Gasteiger partial charge in [0.05, 0.1) is 37.6 Å². The fourth-order valence-corrected chi connectivity index (χ4v) is 4.99. The van der Waals surface area contributed by atoms with Crippen LogP contribution in [0.4, 0.5) is 4.39 Å². The number of halogens is 1. The third-order valence-electron chi connectivity index (χ3n) is 7.12. The quantitative estimate of drug-likeness (QED) is 0.456. The Labute approximate surface area is 219 Å². The smallest absolute Gasteiger partial charge is 0.256 e. The molecule has 0 bridgehead atoms. The highest BCUT2D eigenvalue weighted by Gasteiger charge is 2.28. The molecule has 1 saturated heterocycles. The van der Waals surface area contributed by atoms with Crippen LogP contribution in [0.1, 0.15) is 45.8 Å². The summed E-state index contributed by atoms with van der Waals surface area (Å²) in [6.45, 7) is 2.67. The SMILES string of the molecule is O=C(c1ccc(F)cc1)C1CCN(CC(=O)N(Cc2cccnc2)Cc2nc3c(c(=O)[nH]2)COCC3)CC1. The number of nitrogens with one attached hydrogen (secondary N) is 1. The van der Waals surface area contributed by atoms with Crippen LogP contribution in [0, 0.1) is 11.7 Å². The van der Waals surface area contributed by atoms with E-state index in [0.29, 0.717) is 62.5 Å². The van der Waals surface area contributed by atoms with Gasteiger partial charge < -0.3 is 14.6 Å². The van der Waals surface area contributed by atoms with Crippen LogP contribution < -0.4 is 5.56 Å². The summed E-state index contributed by atoms with van der Waals surface area (Å²) in [6.07, 6.45) is 5.22. The number of nitrogens with zero attached hydrogens (tertiary/aromatic N) is 4. The number of ether oxygens (including phenoxy) is 1. The second-order valence-corrected chi connectivity index (χ2v) is 9.77. The van der Waals surface area contributed by atoms with Crippen LogP contribution in [0.3, 0.4) is 0 Å². The lowest BCUT2D eigenvalue weighted by Crippen LogP contribution is -2.44. The molecular weight excluding hydrogens is 489 g/mol. The normalized spacial score (nSPS) is 16.1. The summed E-state index contributed by atoms with van der Waals surface area (Å²) in [4.78, 5) is 54.2. The van der Waals surface area contributed by atoms with E-state index >= 15 is 0 Å². The van der Waals surface area contributed by atoms with E-state index in [1.165, 1.54) is 24.3 Å². The van der Waals surface area contributed by atoms with Gasteiger partial charge in [-0.3, -0.25) is 24.3 Å². The molecule has 0 unspecified atom stereocenters. The molecule has 2 aliphatic rings. The Morgan fingerprint density at radius 3 is 2.66 bits per heavy atom. The van der Waals surface area contributed by atoms with Crippen molar-refractivity contribution in [2.75, 3.05) is 26.2 Å². The van der Waals surface area contributed by atoms with Crippen molar-refractivity contribution in [1.29, 1.82) is 0 Å². The van der Waals surface area contributed by atoms with Crippen LogP contribution in [0.2, 0.25) is 0 Å². The number of aromatic amines is 1. The Balaban J connectivity index is 1.25. The zero-order valence-corrected chi connectivity index (χ0v) is 21.1. The summed E-state index contributed by atoms with van der Waals surface area (Å²) in [5.74, 6) is -0.152. The molecule has 3 aromatic rings. The molecule has 0 saturated carbocycles. The third kappa shape index (κ3) is 6.20. The lowest BCUT2D eigenvalue weighted by molar-refractivity contribution is -0.134. The van der Waals surface area contributed by atoms with E-state index < -0.39 is 0 Å². The van der Waals surface area contributed by atoms with Gasteiger partial charge >= 0.3 is 0 Å². The van der Waals surface area contributed by atoms with E-state index in [0.717, 1.165) is 11.3 Å². The summed E-state index contributed by atoms with van der Waals surface area (Å²) < 4.78 is 18.6. The highest BCUT2D eigenvalue weighted by atomic mass is 19.1. The largest absolute Gasteiger partial charge is 0.376 e. The summed E-state index contributed by atoms with van der Waals surface area (Å²) in [7, 11) is 0. The number of pyridine rings is 1. The lowest BCUT2D eigenvalue weighted by atomic mass is 9.89. The molecule has 198 valence electrons. The average Bonchev–Trinajstić information content (AvgIpc) is 2.94. The number of amides is 1. The number of piperidine rings is 1. The van der Waals surface area contributed by atoms with Crippen LogP contribution >= 0.6 is 0 Å². The van der Waals surface area contributed by atoms with Gasteiger partial charge in [-0.05, 0) is 61.8 Å². The third-order valence-corrected chi connectivity index (χ3v) is 7.12. The number of ketones is 1. The molecule has 2 aliphatic heterocycles. The maximum atomic E-state index is 13.5. The van der Waals surface area contributed by atoms with Gasteiger partial charge in [-0.2, -0.15) is 0 Å². The van der Waals surface area contributed by atoms with Gasteiger partial charge in [0, 0.05) is 36.8 Å². The fraction of sp³-hybridized carbons (Fsp3) is 0.393. The molecule has 38 heavy (non-hydrogen) atoms. The minimum absolute atomic E-state index is 0.0158. The van der Waals surface area contributed by atoms with Crippen molar-refractivity contribution in [3.8, 4) is 0 Å². The molecule has 0 spiro atoms. The van der Waals surface area contributed by atoms with Crippen LogP contribution in [-0.2, 0) is 35.6 Å². The molecule has 0 atom stereocenters. The van der Waals surface area contributed by atoms with E-state index in [1.54, 1.807) is 17.3 Å². The first-order valence-corrected chi connectivity index (χ1v) is 12.8. The van der Waals surface area contributed by atoms with Crippen molar-refractivity contribution >= 4 is 11.7 Å². The lowest BCUT2D eigenvalue weighted by Gasteiger charge is -2.32. The molecule has 10 heteroatoms. The van der Waals surface area contributed by atoms with Gasteiger partial charge in [-0.25, -0.2) is 9.37 Å². The number of aromatic nitrogens is 3. The fourth-order valence-electron chi connectivity index (χ4n) is 4.99. The Morgan fingerprint density at radius 1 is 1.13 bits per heavy atom. The first-order valence-electron chi connectivity index (χ1n) is 12.8. The monoisotopic (exact) mass is 519 g/mol. The minimum atomic E-state index is -0.366. The first kappa shape index (κ1) is 25.9. The molecule has 1 fully saturated rings. The Kier molecular flexibility index (Phi) is 8.00. The summed E-state index contributed by atoms with van der Waals surface area (Å²) in [5.41, 5.74) is 2.42. The van der Waals surface area contributed by atoms with Crippen LogP contribution in [-0.4, -0.2) is 62.7 Å². The molecule has 9 nitrogen and oxygen atoms in total. The number of benzene rings is 1. The Hall–Kier alpha value is -3.76. The van der Waals surface area contributed by atoms with Crippen molar-refractivity contribution in [1.82, 2.24) is 24.8 Å². The van der Waals surface area contributed by atoms with E-state index in [9.17, 15) is 18.8 Å². The van der Waals surface area contributed by atoms with Crippen LogP contribution in [0.25, 0.3) is 0 Å². The molecule has 2 aromatic heterocycles. The molecule has 1 N–H and O–H groups in total. The van der Waals surface area contributed by atoms with Crippen LogP contribution in [0.5, 0.6) is 0 Å². The van der Waals surface area contributed by atoms with E-state index in [1.807, 2.05) is 17.0 Å². The molecule has 1 amide bonds. The molecule has 4 heterocycles. The van der Waals surface area contributed by atoms with Crippen molar-refractivity contribution in [3.63, 3.8) is 0 Å². The molecule has 1 aromatic carbocycles. The number of Topliss-reactive ketones (excluding diaryl/α,β-unsaturated/α-hetero) is 1. The number of likely N-dealkylation sites (tertiary alicyclic amines) is 1. The second kappa shape index (κ2) is 11.7. The van der Waals surface area contributed by atoms with E-state index in [-0.39, 0.29) is 48.7 Å². The number of hydrogen-bond acceptors (Lipinski definition) is 7. The summed E-state index contributed by atoms with van der Waals surface area (Å²) >= 11 is 0. The van der Waals surface area contributed by atoms with Crippen molar-refractivity contribution < 1.29 is 18.7 Å². The van der Waals surface area contributed by atoms with Crippen molar-refractivity contribution in [2.24, 2.45) is 5.92 Å². The summed E-state index contributed by atoms with van der Waals surface area (Å²) in [5, 5.41) is 0. The number of carbonyl (C=O) groups is 2. The molecule has 0 aliphatic carbocycles. The molecule has 5 rings (SSSR count). The van der Waals surface area contributed by atoms with Gasteiger partial charge in [0.25, 0.3) is 5.56 Å². The number of hydrogen-bond donors (Lipinski definition) is 1. The van der Waals surface area contributed by atoms with Gasteiger partial charge in [-0.15, -0.1) is 0 Å². The summed E-state index contributed by atoms with van der Waals surface area (Å²) in [6, 6.07) is 9.37. The van der Waals surface area contributed by atoms with Crippen molar-refractivity contribution in [3.05, 3.63) is 93.2 Å². The van der Waals surface area contributed by atoms with Gasteiger partial charge in [-0.1, -0.05) is 6.07 Å². The van der Waals surface area contributed by atoms with E-state index in [2.05, 4.69) is 15.0 Å². The number of fused-ring (bicyclic) bond motifs is 1. The highest BCUT2D eigenvalue weighted by molar-refractivity contribution is 5.97. The standard InChI is InChI=1S/C28H30FN5O4/c29-22-5-3-20(4-6-22)27(36)21-7-11-33(12-8-21)17-26(35)34(15-19-2-1-10-30-14-19)16-25-31-24-9-13-38-18-23(24)28(37)32-25/h1-6,10,14,21H,7-9,11-13,15-18H2,(H,31,32,37). The maximum Gasteiger partial charge on any atom is 0.256 e. The zero-order valence-electron chi connectivity index (χ0n) is 21.1. The van der Waals surface area contributed by atoms with E-state index in [4.69, 9.17) is 4.74 Å². The highest BCUT2D eigenvalue weighted by Crippen LogP contribution is 2.22. The predicted octanol–water partition coefficient (Wildman–Crippen LogP) is 2.50. The number of carbonyl (C=O) groups excluding carboxylic acids is 2. The van der Waals surface area contributed by atoms with Crippen molar-refractivity contribution in [2.45, 2.75) is 39.0 Å². The first-order chi connectivity index (χ1) is 18.5. The Bertz CT molecular complexity index is 1340. The zero-order chi connectivity index (χ0) is 26.5. The molecule has 0 radical (unpaired) electrons. The maximum absolute atomic E-state index is 13.5. The minimum Gasteiger partial charge on any atom is -0.376 e. The van der Waals surface area contributed by atoms with Gasteiger partial charge in [0.2, 0.25) is 5.91 Å². The van der Waals surface area contributed by atoms with Crippen LogP contribution in [0.15, 0.2) is 53.6 Å². The number of H-pyrrole nitrogens is 1. The van der Waals surface area contributed by atoms with Gasteiger partial charge in [0.15, 0.2) is 5.78 Å². The average molecular weight is 520 g/mol. The molecular formula is C28H30FN5O4. The predicted molar refractivity (Wildman–Crippen MR) is 137 cm³/mol. The topological polar surface area (TPSA) is 108 Å². The van der Waals surface area contributed by atoms with Gasteiger partial charge in [0.1, 0.15) is 11.6 Å². The second-order valence-electron chi connectivity index (χ2n) is 9.77.